The fourth-order valence-electron chi connectivity index (χ4n) is 2.68. The third-order valence-corrected chi connectivity index (χ3v) is 3.98. The van der Waals surface area contributed by atoms with Crippen LogP contribution >= 0.6 is 0 Å². The van der Waals surface area contributed by atoms with Gasteiger partial charge in [-0.2, -0.15) is 0 Å². The van der Waals surface area contributed by atoms with Gasteiger partial charge < -0.3 is 9.32 Å². The standard InChI is InChI=1S/C21H20FNO2/c1-16-7-12-20(25-16)15-23(14-18-5-3-2-4-6-18)21(24)13-17-8-10-19(22)11-9-17/h2-12H,13-15H2,1H3. The van der Waals surface area contributed by atoms with E-state index < -0.39 is 0 Å². The summed E-state index contributed by atoms with van der Waals surface area (Å²) in [6.45, 7) is 2.79. The molecule has 3 rings (SSSR count). The molecule has 0 N–H and O–H groups in total. The highest BCUT2D eigenvalue weighted by Crippen LogP contribution is 2.15. The molecule has 0 fully saturated rings. The van der Waals surface area contributed by atoms with E-state index >= 15 is 0 Å². The summed E-state index contributed by atoms with van der Waals surface area (Å²) in [5.74, 6) is 1.24. The molecule has 1 amide bonds. The van der Waals surface area contributed by atoms with E-state index in [1.54, 1.807) is 17.0 Å². The van der Waals surface area contributed by atoms with Gasteiger partial charge in [-0.15, -0.1) is 0 Å². The van der Waals surface area contributed by atoms with E-state index in [0.717, 1.165) is 22.6 Å². The summed E-state index contributed by atoms with van der Waals surface area (Å²) in [4.78, 5) is 14.6. The lowest BCUT2D eigenvalue weighted by Gasteiger charge is -2.22. The molecule has 3 nitrogen and oxygen atoms in total. The van der Waals surface area contributed by atoms with E-state index in [0.29, 0.717) is 13.1 Å². The van der Waals surface area contributed by atoms with Crippen molar-refractivity contribution in [3.8, 4) is 0 Å². The highest BCUT2D eigenvalue weighted by molar-refractivity contribution is 5.78. The molecule has 0 saturated carbocycles. The molecule has 25 heavy (non-hydrogen) atoms. The minimum absolute atomic E-state index is 0.0236. The predicted octanol–water partition coefficient (Wildman–Crippen LogP) is 4.50. The van der Waals surface area contributed by atoms with Crippen LogP contribution in [-0.2, 0) is 24.3 Å². The summed E-state index contributed by atoms with van der Waals surface area (Å²) in [5, 5.41) is 0. The largest absolute Gasteiger partial charge is 0.464 e. The maximum Gasteiger partial charge on any atom is 0.227 e. The number of hydrogen-bond donors (Lipinski definition) is 0. The van der Waals surface area contributed by atoms with Crippen LogP contribution in [-0.4, -0.2) is 10.8 Å². The molecule has 1 aromatic heterocycles. The van der Waals surface area contributed by atoms with Gasteiger partial charge in [-0.25, -0.2) is 4.39 Å². The maximum absolute atomic E-state index is 13.1. The van der Waals surface area contributed by atoms with E-state index in [-0.39, 0.29) is 18.1 Å². The number of nitrogens with zero attached hydrogens (tertiary/aromatic N) is 1. The van der Waals surface area contributed by atoms with Crippen LogP contribution < -0.4 is 0 Å². The minimum Gasteiger partial charge on any atom is -0.464 e. The highest BCUT2D eigenvalue weighted by atomic mass is 19.1. The Kier molecular flexibility index (Phi) is 5.29. The van der Waals surface area contributed by atoms with Crippen LogP contribution in [0.25, 0.3) is 0 Å². The second-order valence-corrected chi connectivity index (χ2v) is 6.05. The first-order chi connectivity index (χ1) is 12.1. The first kappa shape index (κ1) is 17.0. The Morgan fingerprint density at radius 3 is 2.28 bits per heavy atom. The van der Waals surface area contributed by atoms with E-state index in [1.165, 1.54) is 12.1 Å². The Hall–Kier alpha value is -2.88. The van der Waals surface area contributed by atoms with E-state index in [1.807, 2.05) is 49.4 Å². The molecule has 0 aliphatic rings. The number of amides is 1. The summed E-state index contributed by atoms with van der Waals surface area (Å²) < 4.78 is 18.7. The highest BCUT2D eigenvalue weighted by Gasteiger charge is 2.17. The van der Waals surface area contributed by atoms with Crippen molar-refractivity contribution in [2.45, 2.75) is 26.4 Å². The zero-order valence-electron chi connectivity index (χ0n) is 14.1. The van der Waals surface area contributed by atoms with Crippen molar-refractivity contribution in [2.24, 2.45) is 0 Å². The topological polar surface area (TPSA) is 33.5 Å². The second-order valence-electron chi connectivity index (χ2n) is 6.05. The Morgan fingerprint density at radius 2 is 1.64 bits per heavy atom. The number of benzene rings is 2. The quantitative estimate of drug-likeness (QED) is 0.663. The van der Waals surface area contributed by atoms with Gasteiger partial charge in [-0.3, -0.25) is 4.79 Å². The number of hydrogen-bond acceptors (Lipinski definition) is 2. The van der Waals surface area contributed by atoms with Crippen LogP contribution in [0.15, 0.2) is 71.1 Å². The van der Waals surface area contributed by atoms with Gasteiger partial charge in [-0.1, -0.05) is 42.5 Å². The SMILES string of the molecule is Cc1ccc(CN(Cc2ccccc2)C(=O)Cc2ccc(F)cc2)o1. The number of rotatable bonds is 6. The number of furan rings is 1. The van der Waals surface area contributed by atoms with Gasteiger partial charge in [0.05, 0.1) is 13.0 Å². The van der Waals surface area contributed by atoms with Crippen molar-refractivity contribution in [1.29, 1.82) is 0 Å². The monoisotopic (exact) mass is 337 g/mol. The zero-order valence-corrected chi connectivity index (χ0v) is 14.1. The number of aryl methyl sites for hydroxylation is 1. The van der Waals surface area contributed by atoms with Gasteiger partial charge in [0.25, 0.3) is 0 Å². The van der Waals surface area contributed by atoms with Gasteiger partial charge in [0.2, 0.25) is 5.91 Å². The van der Waals surface area contributed by atoms with Gasteiger partial charge >= 0.3 is 0 Å². The van der Waals surface area contributed by atoms with Crippen molar-refractivity contribution in [3.05, 3.63) is 95.2 Å². The second kappa shape index (κ2) is 7.79. The van der Waals surface area contributed by atoms with Crippen molar-refractivity contribution in [2.75, 3.05) is 0 Å². The normalized spacial score (nSPS) is 10.6. The van der Waals surface area contributed by atoms with Crippen LogP contribution in [0.5, 0.6) is 0 Å². The average Bonchev–Trinajstić information content (AvgIpc) is 3.02. The van der Waals surface area contributed by atoms with Crippen molar-refractivity contribution in [1.82, 2.24) is 4.90 Å². The summed E-state index contributed by atoms with van der Waals surface area (Å²) in [5.41, 5.74) is 1.85. The molecular weight excluding hydrogens is 317 g/mol. The molecule has 128 valence electrons. The van der Waals surface area contributed by atoms with Crippen molar-refractivity contribution < 1.29 is 13.6 Å². The molecule has 0 radical (unpaired) electrons. The van der Waals surface area contributed by atoms with Crippen LogP contribution in [0.1, 0.15) is 22.6 Å². The summed E-state index contributed by atoms with van der Waals surface area (Å²) in [6.07, 6.45) is 0.229. The van der Waals surface area contributed by atoms with Gasteiger partial charge in [-0.05, 0) is 42.3 Å². The maximum atomic E-state index is 13.1. The first-order valence-corrected chi connectivity index (χ1v) is 8.21. The smallest absolute Gasteiger partial charge is 0.227 e. The third kappa shape index (κ3) is 4.80. The Bertz CT molecular complexity index is 825. The summed E-state index contributed by atoms with van der Waals surface area (Å²) in [7, 11) is 0. The molecule has 0 unspecified atom stereocenters. The van der Waals surface area contributed by atoms with E-state index in [4.69, 9.17) is 4.42 Å². The van der Waals surface area contributed by atoms with Crippen LogP contribution in [0.2, 0.25) is 0 Å². The fourth-order valence-corrected chi connectivity index (χ4v) is 2.68. The van der Waals surface area contributed by atoms with Crippen molar-refractivity contribution in [3.63, 3.8) is 0 Å². The van der Waals surface area contributed by atoms with Crippen LogP contribution in [0.3, 0.4) is 0 Å². The number of halogens is 1. The van der Waals surface area contributed by atoms with E-state index in [2.05, 4.69) is 0 Å². The Morgan fingerprint density at radius 1 is 0.920 bits per heavy atom. The third-order valence-electron chi connectivity index (χ3n) is 3.98. The first-order valence-electron chi connectivity index (χ1n) is 8.21. The molecule has 4 heteroatoms. The zero-order chi connectivity index (χ0) is 17.6. The summed E-state index contributed by atoms with van der Waals surface area (Å²) >= 11 is 0. The molecular formula is C21H20FNO2. The Balaban J connectivity index is 1.76. The number of carbonyl (C=O) groups is 1. The van der Waals surface area contributed by atoms with Crippen LogP contribution in [0.4, 0.5) is 4.39 Å². The minimum atomic E-state index is -0.302. The van der Waals surface area contributed by atoms with Crippen molar-refractivity contribution >= 4 is 5.91 Å². The lowest BCUT2D eigenvalue weighted by molar-refractivity contribution is -0.132. The summed E-state index contributed by atoms with van der Waals surface area (Å²) in [6, 6.07) is 19.7. The average molecular weight is 337 g/mol. The fraction of sp³-hybridized carbons (Fsp3) is 0.190. The molecule has 0 aliphatic carbocycles. The van der Waals surface area contributed by atoms with Crippen LogP contribution in [0, 0.1) is 12.7 Å². The molecule has 1 heterocycles. The molecule has 3 aromatic rings. The molecule has 0 atom stereocenters. The van der Waals surface area contributed by atoms with Gasteiger partial charge in [0, 0.05) is 6.54 Å². The van der Waals surface area contributed by atoms with Gasteiger partial charge in [0.15, 0.2) is 0 Å². The van der Waals surface area contributed by atoms with Gasteiger partial charge in [0.1, 0.15) is 17.3 Å². The lowest BCUT2D eigenvalue weighted by atomic mass is 10.1. The lowest BCUT2D eigenvalue weighted by Crippen LogP contribution is -2.31. The molecule has 0 saturated heterocycles. The number of carbonyl (C=O) groups excluding carboxylic acids is 1. The molecule has 0 spiro atoms. The van der Waals surface area contributed by atoms with E-state index in [9.17, 15) is 9.18 Å². The predicted molar refractivity (Wildman–Crippen MR) is 94.2 cm³/mol. The molecule has 2 aromatic carbocycles. The molecule has 0 aliphatic heterocycles. The Labute approximate surface area is 146 Å². The molecule has 0 bridgehead atoms.